The summed E-state index contributed by atoms with van der Waals surface area (Å²) in [6, 6.07) is -0.281. The molecule has 0 unspecified atom stereocenters. The third kappa shape index (κ3) is 5.75. The summed E-state index contributed by atoms with van der Waals surface area (Å²) in [7, 11) is 0. The van der Waals surface area contributed by atoms with Crippen LogP contribution in [0.4, 0.5) is 9.93 Å². The monoisotopic (exact) mass is 509 g/mol. The molecule has 0 bridgehead atoms. The van der Waals surface area contributed by atoms with Gasteiger partial charge >= 0.3 is 6.03 Å². The zero-order valence-electron chi connectivity index (χ0n) is 19.4. The van der Waals surface area contributed by atoms with E-state index in [0.29, 0.717) is 16.8 Å². The fraction of sp³-hybridized carbons (Fsp3) is 0.227. The van der Waals surface area contributed by atoms with Crippen LogP contribution in [0, 0.1) is 6.92 Å². The van der Waals surface area contributed by atoms with Crippen LogP contribution in [-0.2, 0) is 5.41 Å². The van der Waals surface area contributed by atoms with Crippen LogP contribution in [0.15, 0.2) is 48.9 Å². The van der Waals surface area contributed by atoms with E-state index in [4.69, 9.17) is 4.98 Å². The number of imidazole rings is 3. The summed E-state index contributed by atoms with van der Waals surface area (Å²) in [5.41, 5.74) is 1.81. The second kappa shape index (κ2) is 10.1. The van der Waals surface area contributed by atoms with E-state index in [1.807, 2.05) is 12.3 Å². The Kier molecular flexibility index (Phi) is 6.98. The molecule has 0 spiro atoms. The molecule has 0 aliphatic carbocycles. The van der Waals surface area contributed by atoms with Crippen LogP contribution in [-0.4, -0.2) is 51.3 Å². The maximum Gasteiger partial charge on any atom is 0.333 e. The smallest absolute Gasteiger partial charge is 0.333 e. The Balaban J connectivity index is 0.000000201. The molecule has 0 saturated heterocycles. The van der Waals surface area contributed by atoms with Crippen molar-refractivity contribution in [1.82, 2.24) is 39.5 Å². The lowest BCUT2D eigenvalue weighted by Crippen LogP contribution is -2.17. The van der Waals surface area contributed by atoms with Gasteiger partial charge in [0.15, 0.2) is 16.8 Å². The standard InChI is InChI=1S/C15H17N5OS2.C7H6N4O/c1-9-11(10-7-22-12(18-10)15(2,3)4)23-13(17-9)19-14(21)20-6-5-16-8-20;12-5(6-8-1-2-9-6)7-10-3-4-11-7/h5-8H,1-4H3,(H,17,19,21);1-4H,(H,8,9)(H,10,11). The van der Waals surface area contributed by atoms with Crippen molar-refractivity contribution < 1.29 is 9.59 Å². The van der Waals surface area contributed by atoms with Crippen molar-refractivity contribution in [1.29, 1.82) is 0 Å². The molecule has 5 rings (SSSR count). The fourth-order valence-electron chi connectivity index (χ4n) is 2.84. The van der Waals surface area contributed by atoms with E-state index in [2.05, 4.69) is 56.0 Å². The van der Waals surface area contributed by atoms with Gasteiger partial charge in [-0.1, -0.05) is 32.1 Å². The summed E-state index contributed by atoms with van der Waals surface area (Å²) < 4.78 is 1.37. The van der Waals surface area contributed by atoms with Gasteiger partial charge in [0.2, 0.25) is 0 Å². The third-order valence-electron chi connectivity index (χ3n) is 4.55. The van der Waals surface area contributed by atoms with Gasteiger partial charge in [-0.2, -0.15) is 0 Å². The van der Waals surface area contributed by atoms with Crippen molar-refractivity contribution in [3.8, 4) is 10.6 Å². The van der Waals surface area contributed by atoms with Crippen LogP contribution >= 0.6 is 22.7 Å². The summed E-state index contributed by atoms with van der Waals surface area (Å²) in [5.74, 6) is 0.361. The van der Waals surface area contributed by atoms with E-state index in [9.17, 15) is 9.59 Å². The number of hydrogen-bond acceptors (Lipinski definition) is 9. The molecule has 0 radical (unpaired) electrons. The summed E-state index contributed by atoms with van der Waals surface area (Å²) in [6.07, 6.45) is 10.8. The summed E-state index contributed by atoms with van der Waals surface area (Å²) in [4.78, 5) is 50.4. The maximum atomic E-state index is 12.0. The van der Waals surface area contributed by atoms with Crippen LogP contribution in [0.1, 0.15) is 47.9 Å². The number of amides is 1. The summed E-state index contributed by atoms with van der Waals surface area (Å²) >= 11 is 3.08. The molecule has 0 saturated carbocycles. The van der Waals surface area contributed by atoms with E-state index in [1.165, 1.54) is 34.6 Å². The SMILES string of the molecule is Cc1nc(NC(=O)n2ccnc2)sc1-c1csc(C(C)(C)C)n1.O=C(c1ncc[nH]1)c1ncc[nH]1. The Morgan fingerprint density at radius 2 is 1.71 bits per heavy atom. The molecule has 11 nitrogen and oxygen atoms in total. The van der Waals surface area contributed by atoms with Crippen LogP contribution in [0.5, 0.6) is 0 Å². The van der Waals surface area contributed by atoms with Crippen LogP contribution < -0.4 is 5.32 Å². The van der Waals surface area contributed by atoms with Gasteiger partial charge < -0.3 is 9.97 Å². The largest absolute Gasteiger partial charge is 0.342 e. The predicted molar refractivity (Wildman–Crippen MR) is 134 cm³/mol. The first kappa shape index (κ1) is 24.2. The van der Waals surface area contributed by atoms with Gasteiger partial charge in [-0.25, -0.2) is 29.7 Å². The highest BCUT2D eigenvalue weighted by molar-refractivity contribution is 7.19. The van der Waals surface area contributed by atoms with Gasteiger partial charge in [-0.05, 0) is 6.92 Å². The number of carbonyl (C=O) groups is 2. The predicted octanol–water partition coefficient (Wildman–Crippen LogP) is 4.51. The Morgan fingerprint density at radius 3 is 2.23 bits per heavy atom. The number of nitrogens with zero attached hydrogens (tertiary/aromatic N) is 6. The van der Waals surface area contributed by atoms with Gasteiger partial charge in [-0.3, -0.25) is 14.7 Å². The zero-order chi connectivity index (χ0) is 25.0. The molecule has 180 valence electrons. The lowest BCUT2D eigenvalue weighted by atomic mass is 9.98. The molecule has 0 atom stereocenters. The quantitative estimate of drug-likeness (QED) is 0.302. The number of aromatic amines is 2. The number of carbonyl (C=O) groups excluding carboxylic acids is 2. The molecule has 0 aliphatic rings. The second-order valence-corrected chi connectivity index (χ2v) is 10.2. The first-order valence-electron chi connectivity index (χ1n) is 10.5. The number of aromatic nitrogens is 8. The molecule has 5 aromatic heterocycles. The van der Waals surface area contributed by atoms with Gasteiger partial charge in [0.25, 0.3) is 5.78 Å². The van der Waals surface area contributed by atoms with Crippen molar-refractivity contribution in [3.63, 3.8) is 0 Å². The molecule has 35 heavy (non-hydrogen) atoms. The van der Waals surface area contributed by atoms with E-state index in [0.717, 1.165) is 21.3 Å². The van der Waals surface area contributed by atoms with Gasteiger partial charge in [0.1, 0.15) is 6.33 Å². The lowest BCUT2D eigenvalue weighted by Gasteiger charge is -2.13. The number of rotatable bonds is 4. The minimum absolute atomic E-state index is 0.0278. The minimum atomic E-state index is -0.281. The molecule has 0 fully saturated rings. The first-order valence-corrected chi connectivity index (χ1v) is 12.2. The van der Waals surface area contributed by atoms with E-state index in [1.54, 1.807) is 36.1 Å². The van der Waals surface area contributed by atoms with Crippen molar-refractivity contribution >= 4 is 39.6 Å². The molecule has 13 heteroatoms. The lowest BCUT2D eigenvalue weighted by molar-refractivity contribution is 0.102. The number of aryl methyl sites for hydroxylation is 1. The zero-order valence-corrected chi connectivity index (χ0v) is 21.1. The molecule has 0 aromatic carbocycles. The van der Waals surface area contributed by atoms with Gasteiger partial charge in [-0.15, -0.1) is 11.3 Å². The molecule has 3 N–H and O–H groups in total. The van der Waals surface area contributed by atoms with E-state index in [-0.39, 0.29) is 17.2 Å². The average molecular weight is 510 g/mol. The Bertz CT molecular complexity index is 1360. The number of H-pyrrole nitrogens is 2. The first-order chi connectivity index (χ1) is 16.7. The number of hydrogen-bond donors (Lipinski definition) is 3. The normalized spacial score (nSPS) is 11.1. The molecule has 5 aromatic rings. The van der Waals surface area contributed by atoms with E-state index >= 15 is 0 Å². The van der Waals surface area contributed by atoms with Crippen molar-refractivity contribution in [3.05, 3.63) is 71.2 Å². The van der Waals surface area contributed by atoms with Crippen LogP contribution in [0.2, 0.25) is 0 Å². The van der Waals surface area contributed by atoms with Crippen molar-refractivity contribution in [2.75, 3.05) is 5.32 Å². The highest BCUT2D eigenvalue weighted by Gasteiger charge is 2.21. The Labute approximate surface area is 208 Å². The van der Waals surface area contributed by atoms with E-state index < -0.39 is 0 Å². The van der Waals surface area contributed by atoms with Gasteiger partial charge in [0.05, 0.1) is 21.3 Å². The fourth-order valence-corrected chi connectivity index (χ4v) is 4.73. The molecule has 5 heterocycles. The molecule has 1 amide bonds. The van der Waals surface area contributed by atoms with Crippen molar-refractivity contribution in [2.45, 2.75) is 33.1 Å². The highest BCUT2D eigenvalue weighted by atomic mass is 32.1. The maximum absolute atomic E-state index is 12.0. The number of ketones is 1. The van der Waals surface area contributed by atoms with Crippen LogP contribution in [0.3, 0.4) is 0 Å². The highest BCUT2D eigenvalue weighted by Crippen LogP contribution is 2.36. The number of anilines is 1. The molecular weight excluding hydrogens is 486 g/mol. The summed E-state index contributed by atoms with van der Waals surface area (Å²) in [6.45, 7) is 8.36. The van der Waals surface area contributed by atoms with Crippen LogP contribution in [0.25, 0.3) is 10.6 Å². The molecular formula is C22H23N9O2S2. The van der Waals surface area contributed by atoms with Gasteiger partial charge in [0, 0.05) is 48.0 Å². The second-order valence-electron chi connectivity index (χ2n) is 8.33. The number of thiazole rings is 2. The summed E-state index contributed by atoms with van der Waals surface area (Å²) in [5, 5.41) is 6.47. The average Bonchev–Trinajstić information content (AvgIpc) is 3.63. The topological polar surface area (TPSA) is 147 Å². The number of nitrogens with one attached hydrogen (secondary N) is 3. The third-order valence-corrected chi connectivity index (χ3v) is 6.92. The minimum Gasteiger partial charge on any atom is -0.342 e. The van der Waals surface area contributed by atoms with Crippen molar-refractivity contribution in [2.24, 2.45) is 0 Å². The molecule has 0 aliphatic heterocycles. The Morgan fingerprint density at radius 1 is 1.03 bits per heavy atom. The Hall–Kier alpha value is -3.97.